The van der Waals surface area contributed by atoms with Crippen molar-refractivity contribution in [3.63, 3.8) is 0 Å². The van der Waals surface area contributed by atoms with E-state index in [-0.39, 0.29) is 34.3 Å². The standard InChI is InChI=1S/C21H20FN3O4S/c1-2-3-12-28-20(27)14-8-10-15(11-9-14)23-18(26)13-30-21-25-24-19(29-21)16-6-4-5-7-17(16)22/h4-11H,2-3,12-13H2,1H3,(H,23,26). The average Bonchev–Trinajstić information content (AvgIpc) is 3.22. The van der Waals surface area contributed by atoms with Crippen LogP contribution < -0.4 is 5.32 Å². The first-order valence-corrected chi connectivity index (χ1v) is 10.3. The molecule has 0 saturated carbocycles. The molecule has 0 radical (unpaired) electrons. The molecule has 30 heavy (non-hydrogen) atoms. The quantitative estimate of drug-likeness (QED) is 0.303. The third kappa shape index (κ3) is 5.90. The minimum absolute atomic E-state index is 0.0275. The molecule has 3 aromatic rings. The average molecular weight is 429 g/mol. The summed E-state index contributed by atoms with van der Waals surface area (Å²) in [5, 5.41) is 10.5. The Morgan fingerprint density at radius 2 is 1.90 bits per heavy atom. The number of thioether (sulfide) groups is 1. The monoisotopic (exact) mass is 429 g/mol. The summed E-state index contributed by atoms with van der Waals surface area (Å²) in [5.74, 6) is -1.06. The second-order valence-electron chi connectivity index (χ2n) is 6.26. The summed E-state index contributed by atoms with van der Waals surface area (Å²) in [6, 6.07) is 12.5. The lowest BCUT2D eigenvalue weighted by Gasteiger charge is -2.06. The molecule has 0 bridgehead atoms. The molecule has 1 heterocycles. The van der Waals surface area contributed by atoms with Gasteiger partial charge in [0.25, 0.3) is 11.1 Å². The van der Waals surface area contributed by atoms with E-state index in [1.165, 1.54) is 12.1 Å². The van der Waals surface area contributed by atoms with Crippen molar-refractivity contribution in [3.05, 3.63) is 59.9 Å². The number of carbonyl (C=O) groups excluding carboxylic acids is 2. The fourth-order valence-corrected chi connectivity index (χ4v) is 2.98. The van der Waals surface area contributed by atoms with E-state index in [0.29, 0.717) is 17.9 Å². The molecule has 1 amide bonds. The molecule has 2 aromatic carbocycles. The number of hydrogen-bond acceptors (Lipinski definition) is 7. The summed E-state index contributed by atoms with van der Waals surface area (Å²) in [7, 11) is 0. The van der Waals surface area contributed by atoms with Crippen LogP contribution in [-0.2, 0) is 9.53 Å². The van der Waals surface area contributed by atoms with Gasteiger partial charge in [-0.3, -0.25) is 4.79 Å². The third-order valence-electron chi connectivity index (χ3n) is 3.97. The molecule has 7 nitrogen and oxygen atoms in total. The van der Waals surface area contributed by atoms with Crippen molar-refractivity contribution < 1.29 is 23.1 Å². The lowest BCUT2D eigenvalue weighted by molar-refractivity contribution is -0.113. The maximum absolute atomic E-state index is 13.8. The number of halogens is 1. The molecule has 0 aliphatic rings. The zero-order chi connectivity index (χ0) is 21.3. The molecule has 9 heteroatoms. The first kappa shape index (κ1) is 21.5. The van der Waals surface area contributed by atoms with Crippen LogP contribution in [0.4, 0.5) is 10.1 Å². The maximum Gasteiger partial charge on any atom is 0.338 e. The highest BCUT2D eigenvalue weighted by molar-refractivity contribution is 7.99. The number of ether oxygens (including phenoxy) is 1. The van der Waals surface area contributed by atoms with Gasteiger partial charge in [0.1, 0.15) is 5.82 Å². The van der Waals surface area contributed by atoms with Gasteiger partial charge in [-0.05, 0) is 42.8 Å². The van der Waals surface area contributed by atoms with Gasteiger partial charge in [0.2, 0.25) is 5.91 Å². The number of anilines is 1. The number of benzene rings is 2. The van der Waals surface area contributed by atoms with Crippen LogP contribution in [0.2, 0.25) is 0 Å². The van der Waals surface area contributed by atoms with Crippen LogP contribution >= 0.6 is 11.8 Å². The smallest absolute Gasteiger partial charge is 0.338 e. The van der Waals surface area contributed by atoms with Crippen LogP contribution in [-0.4, -0.2) is 34.4 Å². The number of nitrogens with one attached hydrogen (secondary N) is 1. The molecule has 0 atom stereocenters. The second kappa shape index (κ2) is 10.5. The molecule has 156 valence electrons. The molecule has 0 fully saturated rings. The Bertz CT molecular complexity index is 1010. The van der Waals surface area contributed by atoms with Gasteiger partial charge in [0.05, 0.1) is 23.5 Å². The number of nitrogens with zero attached hydrogens (tertiary/aromatic N) is 2. The Morgan fingerprint density at radius 1 is 1.13 bits per heavy atom. The minimum atomic E-state index is -0.465. The predicted molar refractivity (Wildman–Crippen MR) is 111 cm³/mol. The first-order chi connectivity index (χ1) is 14.6. The second-order valence-corrected chi connectivity index (χ2v) is 7.18. The molecule has 1 aromatic heterocycles. The van der Waals surface area contributed by atoms with E-state index < -0.39 is 5.82 Å². The van der Waals surface area contributed by atoms with Crippen LogP contribution in [0.5, 0.6) is 0 Å². The number of aromatic nitrogens is 2. The fourth-order valence-electron chi connectivity index (χ4n) is 2.42. The number of amides is 1. The first-order valence-electron chi connectivity index (χ1n) is 9.35. The Kier molecular flexibility index (Phi) is 7.56. The summed E-state index contributed by atoms with van der Waals surface area (Å²) in [5.41, 5.74) is 1.17. The maximum atomic E-state index is 13.8. The SMILES string of the molecule is CCCCOC(=O)c1ccc(NC(=O)CSc2nnc(-c3ccccc3F)o2)cc1. The Labute approximate surface area is 177 Å². The largest absolute Gasteiger partial charge is 0.462 e. The van der Waals surface area contributed by atoms with Gasteiger partial charge < -0.3 is 14.5 Å². The molecule has 0 aliphatic carbocycles. The van der Waals surface area contributed by atoms with Gasteiger partial charge in [0, 0.05) is 5.69 Å². The molecule has 1 N–H and O–H groups in total. The molecule has 0 aliphatic heterocycles. The molecular weight excluding hydrogens is 409 g/mol. The van der Waals surface area contributed by atoms with E-state index in [1.54, 1.807) is 36.4 Å². The number of carbonyl (C=O) groups is 2. The van der Waals surface area contributed by atoms with Crippen LogP contribution in [0.15, 0.2) is 58.2 Å². The van der Waals surface area contributed by atoms with Crippen LogP contribution in [0.3, 0.4) is 0 Å². The van der Waals surface area contributed by atoms with Gasteiger partial charge in [0.15, 0.2) is 0 Å². The topological polar surface area (TPSA) is 94.3 Å². The van der Waals surface area contributed by atoms with E-state index >= 15 is 0 Å². The van der Waals surface area contributed by atoms with Gasteiger partial charge >= 0.3 is 5.97 Å². The van der Waals surface area contributed by atoms with Gasteiger partial charge in [-0.25, -0.2) is 9.18 Å². The van der Waals surface area contributed by atoms with E-state index in [0.717, 1.165) is 24.6 Å². The van der Waals surface area contributed by atoms with Crippen LogP contribution in [0.25, 0.3) is 11.5 Å². The van der Waals surface area contributed by atoms with Crippen LogP contribution in [0.1, 0.15) is 30.1 Å². The zero-order valence-electron chi connectivity index (χ0n) is 16.3. The molecule has 0 spiro atoms. The van der Waals surface area contributed by atoms with E-state index in [1.807, 2.05) is 6.92 Å². The number of hydrogen-bond donors (Lipinski definition) is 1. The number of unbranched alkanes of at least 4 members (excludes halogenated alkanes) is 1. The molecular formula is C21H20FN3O4S. The molecule has 3 rings (SSSR count). The van der Waals surface area contributed by atoms with Crippen LogP contribution in [0, 0.1) is 5.82 Å². The Balaban J connectivity index is 1.49. The Hall–Kier alpha value is -3.20. The third-order valence-corrected chi connectivity index (χ3v) is 4.79. The van der Waals surface area contributed by atoms with Gasteiger partial charge in [-0.15, -0.1) is 10.2 Å². The van der Waals surface area contributed by atoms with Crippen molar-refractivity contribution in [1.82, 2.24) is 10.2 Å². The fraction of sp³-hybridized carbons (Fsp3) is 0.238. The van der Waals surface area contributed by atoms with Crippen molar-refractivity contribution in [3.8, 4) is 11.5 Å². The van der Waals surface area contributed by atoms with Crippen molar-refractivity contribution in [2.45, 2.75) is 25.0 Å². The summed E-state index contributed by atoms with van der Waals surface area (Å²) < 4.78 is 24.3. The van der Waals surface area contributed by atoms with Crippen molar-refractivity contribution in [1.29, 1.82) is 0 Å². The lowest BCUT2D eigenvalue weighted by Crippen LogP contribution is -2.14. The van der Waals surface area contributed by atoms with Gasteiger partial charge in [-0.2, -0.15) is 0 Å². The summed E-state index contributed by atoms with van der Waals surface area (Å²) >= 11 is 1.04. The normalized spacial score (nSPS) is 10.6. The van der Waals surface area contributed by atoms with E-state index in [2.05, 4.69) is 15.5 Å². The summed E-state index contributed by atoms with van der Waals surface area (Å²) in [4.78, 5) is 24.0. The molecule has 0 unspecified atom stereocenters. The number of esters is 1. The highest BCUT2D eigenvalue weighted by Crippen LogP contribution is 2.25. The minimum Gasteiger partial charge on any atom is -0.462 e. The van der Waals surface area contributed by atoms with Crippen molar-refractivity contribution >= 4 is 29.3 Å². The highest BCUT2D eigenvalue weighted by atomic mass is 32.2. The zero-order valence-corrected chi connectivity index (χ0v) is 17.1. The van der Waals surface area contributed by atoms with E-state index in [4.69, 9.17) is 9.15 Å². The number of rotatable bonds is 9. The Morgan fingerprint density at radius 3 is 2.63 bits per heavy atom. The summed E-state index contributed by atoms with van der Waals surface area (Å²) in [6.07, 6.45) is 1.77. The predicted octanol–water partition coefficient (Wildman–Crippen LogP) is 4.56. The van der Waals surface area contributed by atoms with Gasteiger partial charge in [-0.1, -0.05) is 37.2 Å². The van der Waals surface area contributed by atoms with Crippen molar-refractivity contribution in [2.75, 3.05) is 17.7 Å². The highest BCUT2D eigenvalue weighted by Gasteiger charge is 2.14. The summed E-state index contributed by atoms with van der Waals surface area (Å²) in [6.45, 7) is 2.41. The lowest BCUT2D eigenvalue weighted by atomic mass is 10.2. The van der Waals surface area contributed by atoms with Crippen molar-refractivity contribution in [2.24, 2.45) is 0 Å². The van der Waals surface area contributed by atoms with E-state index in [9.17, 15) is 14.0 Å². The molecule has 0 saturated heterocycles.